The van der Waals surface area contributed by atoms with Gasteiger partial charge in [0.15, 0.2) is 0 Å². The minimum atomic E-state index is -1.23. The van der Waals surface area contributed by atoms with Crippen LogP contribution in [0, 0.1) is 10.1 Å². The highest BCUT2D eigenvalue weighted by molar-refractivity contribution is 5.87. The molecule has 0 spiro atoms. The lowest BCUT2D eigenvalue weighted by Crippen LogP contribution is -2.57. The zero-order valence-electron chi connectivity index (χ0n) is 13.7. The maximum Gasteiger partial charge on any atom is 0.329 e. The molecule has 1 heterocycles. The maximum absolute atomic E-state index is 12.0. The number of carbonyl (C=O) groups is 2. The largest absolute Gasteiger partial charge is 0.480 e. The molecule has 0 atom stereocenters. The zero-order chi connectivity index (χ0) is 18.3. The van der Waals surface area contributed by atoms with Crippen molar-refractivity contribution in [2.75, 3.05) is 25.1 Å². The summed E-state index contributed by atoms with van der Waals surface area (Å²) in [4.78, 5) is 33.6. The van der Waals surface area contributed by atoms with Crippen LogP contribution in [-0.4, -0.2) is 47.2 Å². The smallest absolute Gasteiger partial charge is 0.329 e. The molecule has 9 heteroatoms. The second-order valence-corrected chi connectivity index (χ2v) is 5.88. The van der Waals surface area contributed by atoms with Crippen molar-refractivity contribution in [2.24, 2.45) is 0 Å². The number of carboxylic acid groups (broad SMARTS) is 1. The topological polar surface area (TPSA) is 131 Å². The van der Waals surface area contributed by atoms with Gasteiger partial charge in [-0.2, -0.15) is 0 Å². The summed E-state index contributed by atoms with van der Waals surface area (Å²) in [5.74, 6) is -1.34. The van der Waals surface area contributed by atoms with Crippen molar-refractivity contribution in [1.82, 2.24) is 5.32 Å². The van der Waals surface area contributed by atoms with Crippen LogP contribution in [0.1, 0.15) is 25.7 Å². The molecule has 1 aromatic rings. The number of rotatable bonds is 8. The first-order chi connectivity index (χ1) is 11.9. The molecule has 25 heavy (non-hydrogen) atoms. The molecular formula is C16H21N3O6. The first-order valence-electron chi connectivity index (χ1n) is 8.03. The van der Waals surface area contributed by atoms with Crippen molar-refractivity contribution >= 4 is 23.3 Å². The zero-order valence-corrected chi connectivity index (χ0v) is 13.7. The molecule has 1 aliphatic rings. The van der Waals surface area contributed by atoms with E-state index in [0.29, 0.717) is 26.2 Å². The highest BCUT2D eigenvalue weighted by Crippen LogP contribution is 2.21. The molecule has 3 N–H and O–H groups in total. The SMILES string of the molecule is O=C(CCCNc1ccc([N+](=O)[O-])cc1)NC1(C(=O)O)CCOCC1. The van der Waals surface area contributed by atoms with Gasteiger partial charge in [-0.05, 0) is 18.6 Å². The molecule has 0 aromatic heterocycles. The van der Waals surface area contributed by atoms with Crippen LogP contribution in [0.25, 0.3) is 0 Å². The number of non-ortho nitro benzene ring substituents is 1. The number of carboxylic acids is 1. The first kappa shape index (κ1) is 18.7. The van der Waals surface area contributed by atoms with Gasteiger partial charge in [0.25, 0.3) is 5.69 Å². The van der Waals surface area contributed by atoms with Gasteiger partial charge in [-0.25, -0.2) is 4.79 Å². The van der Waals surface area contributed by atoms with Gasteiger partial charge in [-0.1, -0.05) is 0 Å². The Bertz CT molecular complexity index is 625. The Morgan fingerprint density at radius 3 is 2.44 bits per heavy atom. The molecule has 1 aliphatic heterocycles. The van der Waals surface area contributed by atoms with E-state index in [0.717, 1.165) is 5.69 Å². The van der Waals surface area contributed by atoms with Gasteiger partial charge in [0.05, 0.1) is 4.92 Å². The fourth-order valence-electron chi connectivity index (χ4n) is 2.62. The van der Waals surface area contributed by atoms with E-state index in [1.807, 2.05) is 0 Å². The lowest BCUT2D eigenvalue weighted by atomic mass is 9.90. The molecule has 0 unspecified atom stereocenters. The molecule has 1 amide bonds. The second-order valence-electron chi connectivity index (χ2n) is 5.88. The summed E-state index contributed by atoms with van der Waals surface area (Å²) in [5.41, 5.74) is -0.501. The molecule has 0 saturated carbocycles. The van der Waals surface area contributed by atoms with Gasteiger partial charge in [-0.3, -0.25) is 14.9 Å². The number of nitro groups is 1. The molecule has 0 aliphatic carbocycles. The van der Waals surface area contributed by atoms with Crippen molar-refractivity contribution in [3.05, 3.63) is 34.4 Å². The summed E-state index contributed by atoms with van der Waals surface area (Å²) in [7, 11) is 0. The van der Waals surface area contributed by atoms with E-state index in [9.17, 15) is 24.8 Å². The van der Waals surface area contributed by atoms with E-state index in [4.69, 9.17) is 4.74 Å². The molecule has 1 aromatic carbocycles. The number of nitrogens with zero attached hydrogens (tertiary/aromatic N) is 1. The number of nitrogens with one attached hydrogen (secondary N) is 2. The van der Waals surface area contributed by atoms with E-state index < -0.39 is 16.4 Å². The summed E-state index contributed by atoms with van der Waals surface area (Å²) >= 11 is 0. The average Bonchev–Trinajstić information content (AvgIpc) is 2.60. The van der Waals surface area contributed by atoms with Gasteiger partial charge >= 0.3 is 5.97 Å². The highest BCUT2D eigenvalue weighted by atomic mass is 16.6. The Labute approximate surface area is 144 Å². The third-order valence-electron chi connectivity index (χ3n) is 4.12. The average molecular weight is 351 g/mol. The summed E-state index contributed by atoms with van der Waals surface area (Å²) < 4.78 is 5.16. The Hall–Kier alpha value is -2.68. The lowest BCUT2D eigenvalue weighted by Gasteiger charge is -2.33. The van der Waals surface area contributed by atoms with E-state index in [-0.39, 0.29) is 30.9 Å². The number of hydrogen-bond acceptors (Lipinski definition) is 6. The minimum absolute atomic E-state index is 0.0142. The Morgan fingerprint density at radius 2 is 1.88 bits per heavy atom. The molecule has 0 bridgehead atoms. The van der Waals surface area contributed by atoms with E-state index >= 15 is 0 Å². The number of nitro benzene ring substituents is 1. The number of carbonyl (C=O) groups excluding carboxylic acids is 1. The van der Waals surface area contributed by atoms with Crippen molar-refractivity contribution < 1.29 is 24.4 Å². The fraction of sp³-hybridized carbons (Fsp3) is 0.500. The van der Waals surface area contributed by atoms with Gasteiger partial charge in [0, 0.05) is 56.8 Å². The van der Waals surface area contributed by atoms with Gasteiger partial charge in [-0.15, -0.1) is 0 Å². The third-order valence-corrected chi connectivity index (χ3v) is 4.12. The summed E-state index contributed by atoms with van der Waals surface area (Å²) in [5, 5.41) is 25.7. The van der Waals surface area contributed by atoms with Crippen LogP contribution in [0.5, 0.6) is 0 Å². The molecule has 2 rings (SSSR count). The maximum atomic E-state index is 12.0. The molecular weight excluding hydrogens is 330 g/mol. The predicted octanol–water partition coefficient (Wildman–Crippen LogP) is 1.54. The minimum Gasteiger partial charge on any atom is -0.480 e. The summed E-state index contributed by atoms with van der Waals surface area (Å²) in [6, 6.07) is 5.99. The third kappa shape index (κ3) is 5.15. The van der Waals surface area contributed by atoms with Crippen molar-refractivity contribution in [3.63, 3.8) is 0 Å². The molecule has 1 saturated heterocycles. The highest BCUT2D eigenvalue weighted by Gasteiger charge is 2.41. The number of anilines is 1. The Balaban J connectivity index is 1.74. The van der Waals surface area contributed by atoms with Gasteiger partial charge in [0.2, 0.25) is 5.91 Å². The quantitative estimate of drug-likeness (QED) is 0.368. The van der Waals surface area contributed by atoms with E-state index in [1.54, 1.807) is 12.1 Å². The number of aliphatic carboxylic acids is 1. The van der Waals surface area contributed by atoms with Crippen molar-refractivity contribution in [3.8, 4) is 0 Å². The number of amides is 1. The normalized spacial score (nSPS) is 16.0. The monoisotopic (exact) mass is 351 g/mol. The standard InChI is InChI=1S/C16H21N3O6/c20-14(18-16(15(21)22)7-10-25-11-8-16)2-1-9-17-12-3-5-13(6-4-12)19(23)24/h3-6,17H,1-2,7-11H2,(H,18,20)(H,21,22). The fourth-order valence-corrected chi connectivity index (χ4v) is 2.62. The molecule has 136 valence electrons. The van der Waals surface area contributed by atoms with Crippen LogP contribution in [0.3, 0.4) is 0 Å². The first-order valence-corrected chi connectivity index (χ1v) is 8.03. The van der Waals surface area contributed by atoms with E-state index in [2.05, 4.69) is 10.6 Å². The molecule has 9 nitrogen and oxygen atoms in total. The van der Waals surface area contributed by atoms with E-state index in [1.165, 1.54) is 12.1 Å². The lowest BCUT2D eigenvalue weighted by molar-refractivity contribution is -0.384. The van der Waals surface area contributed by atoms with Crippen molar-refractivity contribution in [1.29, 1.82) is 0 Å². The van der Waals surface area contributed by atoms with Gasteiger partial charge in [0.1, 0.15) is 5.54 Å². The van der Waals surface area contributed by atoms with Crippen LogP contribution < -0.4 is 10.6 Å². The summed E-state index contributed by atoms with van der Waals surface area (Å²) in [6.07, 6.45) is 1.22. The van der Waals surface area contributed by atoms with Crippen LogP contribution in [0.15, 0.2) is 24.3 Å². The van der Waals surface area contributed by atoms with Crippen molar-refractivity contribution in [2.45, 2.75) is 31.2 Å². The molecule has 0 radical (unpaired) electrons. The Morgan fingerprint density at radius 1 is 1.24 bits per heavy atom. The van der Waals surface area contributed by atoms with Gasteiger partial charge < -0.3 is 20.5 Å². The number of ether oxygens (including phenoxy) is 1. The van der Waals surface area contributed by atoms with Crippen LogP contribution in [0.4, 0.5) is 11.4 Å². The number of hydrogen-bond donors (Lipinski definition) is 3. The Kier molecular flexibility index (Phi) is 6.29. The van der Waals surface area contributed by atoms with Crippen LogP contribution in [0.2, 0.25) is 0 Å². The summed E-state index contributed by atoms with van der Waals surface area (Å²) in [6.45, 7) is 1.12. The number of benzene rings is 1. The van der Waals surface area contributed by atoms with Crippen LogP contribution in [-0.2, 0) is 14.3 Å². The second kappa shape index (κ2) is 8.43. The van der Waals surface area contributed by atoms with Crippen LogP contribution >= 0.6 is 0 Å². The molecule has 1 fully saturated rings. The predicted molar refractivity (Wildman–Crippen MR) is 89.4 cm³/mol.